The van der Waals surface area contributed by atoms with Crippen molar-refractivity contribution in [2.45, 2.75) is 31.1 Å². The summed E-state index contributed by atoms with van der Waals surface area (Å²) in [6.45, 7) is 2.19. The molecule has 0 aliphatic heterocycles. The van der Waals surface area contributed by atoms with Gasteiger partial charge < -0.3 is 0 Å². The van der Waals surface area contributed by atoms with E-state index in [-0.39, 0.29) is 0 Å². The van der Waals surface area contributed by atoms with Gasteiger partial charge in [-0.05, 0) is 30.4 Å². The summed E-state index contributed by atoms with van der Waals surface area (Å²) in [4.78, 5) is 11.7. The van der Waals surface area contributed by atoms with Gasteiger partial charge in [0.2, 0.25) is 0 Å². The maximum atomic E-state index is 10.5. The van der Waals surface area contributed by atoms with Gasteiger partial charge in [0.15, 0.2) is 6.29 Å². The van der Waals surface area contributed by atoms with Gasteiger partial charge in [-0.2, -0.15) is 0 Å². The van der Waals surface area contributed by atoms with E-state index >= 15 is 0 Å². The van der Waals surface area contributed by atoms with Crippen molar-refractivity contribution in [1.29, 1.82) is 0 Å². The summed E-state index contributed by atoms with van der Waals surface area (Å²) in [6.07, 6.45) is 4.53. The van der Waals surface area contributed by atoms with Crippen molar-refractivity contribution in [3.8, 4) is 0 Å². The lowest BCUT2D eigenvalue weighted by Gasteiger charge is -2.02. The Morgan fingerprint density at radius 1 is 1.40 bits per heavy atom. The third kappa shape index (κ3) is 4.27. The molecule has 1 aromatic carbocycles. The number of aldehydes is 1. The molecule has 0 amide bonds. The summed E-state index contributed by atoms with van der Waals surface area (Å²) in [5.41, 5.74) is 0.564. The number of hydrogen-bond donors (Lipinski definition) is 0. The molecule has 1 rings (SSSR count). The van der Waals surface area contributed by atoms with E-state index in [4.69, 9.17) is 11.6 Å². The van der Waals surface area contributed by atoms with E-state index in [1.807, 2.05) is 12.1 Å². The minimum atomic E-state index is 0.547. The van der Waals surface area contributed by atoms with Crippen molar-refractivity contribution in [3.05, 3.63) is 28.8 Å². The molecular formula is C12H15ClOS. The fourth-order valence-corrected chi connectivity index (χ4v) is 2.47. The third-order valence-corrected chi connectivity index (χ3v) is 3.52. The predicted molar refractivity (Wildman–Crippen MR) is 67.1 cm³/mol. The fourth-order valence-electron chi connectivity index (χ4n) is 1.24. The monoisotopic (exact) mass is 242 g/mol. The molecule has 0 atom stereocenters. The van der Waals surface area contributed by atoms with E-state index in [9.17, 15) is 4.79 Å². The van der Waals surface area contributed by atoms with E-state index in [0.717, 1.165) is 16.9 Å². The Bertz CT molecular complexity index is 325. The van der Waals surface area contributed by atoms with E-state index in [1.54, 1.807) is 17.8 Å². The molecular weight excluding hydrogens is 228 g/mol. The lowest BCUT2D eigenvalue weighted by molar-refractivity contribution is 0.112. The second-order valence-electron chi connectivity index (χ2n) is 3.36. The smallest absolute Gasteiger partial charge is 0.151 e. The van der Waals surface area contributed by atoms with Crippen LogP contribution >= 0.6 is 23.4 Å². The van der Waals surface area contributed by atoms with Crippen LogP contribution in [0, 0.1) is 0 Å². The molecule has 0 saturated heterocycles. The first-order chi connectivity index (χ1) is 7.27. The van der Waals surface area contributed by atoms with Crippen molar-refractivity contribution >= 4 is 29.6 Å². The molecule has 0 heterocycles. The largest absolute Gasteiger partial charge is 0.298 e. The third-order valence-electron chi connectivity index (χ3n) is 2.12. The van der Waals surface area contributed by atoms with Gasteiger partial charge in [-0.25, -0.2) is 0 Å². The molecule has 0 bridgehead atoms. The summed E-state index contributed by atoms with van der Waals surface area (Å²) in [7, 11) is 0. The normalized spacial score (nSPS) is 10.3. The second kappa shape index (κ2) is 6.91. The van der Waals surface area contributed by atoms with Crippen LogP contribution in [0.4, 0.5) is 0 Å². The van der Waals surface area contributed by atoms with Crippen LogP contribution in [0.25, 0.3) is 0 Å². The molecule has 0 aliphatic carbocycles. The standard InChI is InChI=1S/C12H15ClOS/c1-2-3-4-7-15-11-6-5-10(9-14)12(13)8-11/h5-6,8-9H,2-4,7H2,1H3. The Balaban J connectivity index is 2.48. The van der Waals surface area contributed by atoms with E-state index in [0.29, 0.717) is 10.6 Å². The van der Waals surface area contributed by atoms with Crippen LogP contribution < -0.4 is 0 Å². The molecule has 0 saturated carbocycles. The average molecular weight is 243 g/mol. The van der Waals surface area contributed by atoms with Crippen LogP contribution in [-0.2, 0) is 0 Å². The Labute approximate surface area is 100 Å². The number of rotatable bonds is 6. The predicted octanol–water partition coefficient (Wildman–Crippen LogP) is 4.43. The molecule has 1 nitrogen and oxygen atoms in total. The first-order valence-electron chi connectivity index (χ1n) is 5.15. The van der Waals surface area contributed by atoms with Crippen molar-refractivity contribution in [1.82, 2.24) is 0 Å². The maximum Gasteiger partial charge on any atom is 0.151 e. The van der Waals surface area contributed by atoms with Gasteiger partial charge in [0.1, 0.15) is 0 Å². The summed E-state index contributed by atoms with van der Waals surface area (Å²) in [5, 5.41) is 0.547. The Morgan fingerprint density at radius 3 is 2.80 bits per heavy atom. The first kappa shape index (κ1) is 12.6. The molecule has 0 aliphatic rings. The van der Waals surface area contributed by atoms with Crippen LogP contribution in [0.3, 0.4) is 0 Å². The lowest BCUT2D eigenvalue weighted by Crippen LogP contribution is -1.84. The average Bonchev–Trinajstić information content (AvgIpc) is 2.25. The number of carbonyl (C=O) groups is 1. The molecule has 0 spiro atoms. The molecule has 0 fully saturated rings. The molecule has 0 aromatic heterocycles. The topological polar surface area (TPSA) is 17.1 Å². The number of unbranched alkanes of at least 4 members (excludes halogenated alkanes) is 2. The van der Waals surface area contributed by atoms with Crippen LogP contribution in [-0.4, -0.2) is 12.0 Å². The molecule has 3 heteroatoms. The minimum Gasteiger partial charge on any atom is -0.298 e. The maximum absolute atomic E-state index is 10.5. The quantitative estimate of drug-likeness (QED) is 0.417. The zero-order valence-corrected chi connectivity index (χ0v) is 10.4. The van der Waals surface area contributed by atoms with E-state index < -0.39 is 0 Å². The summed E-state index contributed by atoms with van der Waals surface area (Å²) in [5.74, 6) is 1.12. The SMILES string of the molecule is CCCCCSc1ccc(C=O)c(Cl)c1. The van der Waals surface area contributed by atoms with Crippen LogP contribution in [0.1, 0.15) is 36.5 Å². The molecule has 0 unspecified atom stereocenters. The molecule has 82 valence electrons. The van der Waals surface area contributed by atoms with Gasteiger partial charge in [0, 0.05) is 10.5 Å². The summed E-state index contributed by atoms with van der Waals surface area (Å²) < 4.78 is 0. The van der Waals surface area contributed by atoms with Gasteiger partial charge in [-0.15, -0.1) is 11.8 Å². The zero-order chi connectivity index (χ0) is 11.1. The van der Waals surface area contributed by atoms with Gasteiger partial charge >= 0.3 is 0 Å². The number of halogens is 1. The van der Waals surface area contributed by atoms with Crippen molar-refractivity contribution in [2.75, 3.05) is 5.75 Å². The van der Waals surface area contributed by atoms with E-state index in [2.05, 4.69) is 6.92 Å². The van der Waals surface area contributed by atoms with Crippen molar-refractivity contribution < 1.29 is 4.79 Å². The van der Waals surface area contributed by atoms with Gasteiger partial charge in [-0.1, -0.05) is 31.4 Å². The highest BCUT2D eigenvalue weighted by Gasteiger charge is 2.00. The van der Waals surface area contributed by atoms with Crippen molar-refractivity contribution in [2.24, 2.45) is 0 Å². The number of carbonyl (C=O) groups excluding carboxylic acids is 1. The van der Waals surface area contributed by atoms with Crippen LogP contribution in [0.5, 0.6) is 0 Å². The Morgan fingerprint density at radius 2 is 2.20 bits per heavy atom. The molecule has 15 heavy (non-hydrogen) atoms. The van der Waals surface area contributed by atoms with E-state index in [1.165, 1.54) is 19.3 Å². The number of thioether (sulfide) groups is 1. The molecule has 0 radical (unpaired) electrons. The summed E-state index contributed by atoms with van der Waals surface area (Å²) in [6, 6.07) is 5.59. The van der Waals surface area contributed by atoms with Gasteiger partial charge in [0.05, 0.1) is 5.02 Å². The number of hydrogen-bond acceptors (Lipinski definition) is 2. The fraction of sp³-hybridized carbons (Fsp3) is 0.417. The van der Waals surface area contributed by atoms with Crippen LogP contribution in [0.15, 0.2) is 23.1 Å². The van der Waals surface area contributed by atoms with Crippen molar-refractivity contribution in [3.63, 3.8) is 0 Å². The summed E-state index contributed by atoms with van der Waals surface area (Å²) >= 11 is 7.72. The highest BCUT2D eigenvalue weighted by Crippen LogP contribution is 2.25. The minimum absolute atomic E-state index is 0.547. The van der Waals surface area contributed by atoms with Gasteiger partial charge in [0.25, 0.3) is 0 Å². The number of benzene rings is 1. The Hall–Kier alpha value is -0.470. The Kier molecular flexibility index (Phi) is 5.81. The highest BCUT2D eigenvalue weighted by atomic mass is 35.5. The first-order valence-corrected chi connectivity index (χ1v) is 6.51. The lowest BCUT2D eigenvalue weighted by atomic mass is 10.2. The van der Waals surface area contributed by atoms with Crippen LogP contribution in [0.2, 0.25) is 5.02 Å². The molecule has 1 aromatic rings. The molecule has 0 N–H and O–H groups in total. The zero-order valence-electron chi connectivity index (χ0n) is 8.83. The highest BCUT2D eigenvalue weighted by molar-refractivity contribution is 7.99. The second-order valence-corrected chi connectivity index (χ2v) is 4.93. The van der Waals surface area contributed by atoms with Gasteiger partial charge in [-0.3, -0.25) is 4.79 Å².